The van der Waals surface area contributed by atoms with Crippen molar-refractivity contribution in [2.24, 2.45) is 0 Å². The first-order chi connectivity index (χ1) is 14.3. The molecule has 0 aliphatic carbocycles. The molecule has 30 heavy (non-hydrogen) atoms. The molecule has 0 bridgehead atoms. The molecule has 0 unspecified atom stereocenters. The highest BCUT2D eigenvalue weighted by Gasteiger charge is 2.31. The van der Waals surface area contributed by atoms with Crippen LogP contribution in [0.25, 0.3) is 11.0 Å². The maximum absolute atomic E-state index is 12.8. The summed E-state index contributed by atoms with van der Waals surface area (Å²) in [5.74, 6) is -0.103. The van der Waals surface area contributed by atoms with Crippen molar-refractivity contribution in [3.05, 3.63) is 68.9 Å². The molecule has 1 aromatic heterocycles. The van der Waals surface area contributed by atoms with Gasteiger partial charge < -0.3 is 9.32 Å². The number of piperazine rings is 1. The zero-order valence-corrected chi connectivity index (χ0v) is 17.9. The molecular weight excluding hydrogens is 478 g/mol. The fourth-order valence-electron chi connectivity index (χ4n) is 3.31. The highest BCUT2D eigenvalue weighted by atomic mass is 79.9. The summed E-state index contributed by atoms with van der Waals surface area (Å²) >= 11 is 3.39. The number of hydrogen-bond acceptors (Lipinski definition) is 6. The van der Waals surface area contributed by atoms with E-state index in [1.54, 1.807) is 11.0 Å². The maximum Gasteiger partial charge on any atom is 0.289 e. The van der Waals surface area contributed by atoms with E-state index in [0.717, 1.165) is 22.0 Å². The van der Waals surface area contributed by atoms with Crippen molar-refractivity contribution in [2.45, 2.75) is 4.90 Å². The van der Waals surface area contributed by atoms with E-state index in [-0.39, 0.29) is 48.4 Å². The fourth-order valence-corrected chi connectivity index (χ4v) is 5.19. The lowest BCUT2D eigenvalue weighted by molar-refractivity contribution is -0.384. The van der Waals surface area contributed by atoms with E-state index in [9.17, 15) is 23.3 Å². The van der Waals surface area contributed by atoms with Crippen LogP contribution in [0.1, 0.15) is 10.6 Å². The molecule has 4 rings (SSSR count). The van der Waals surface area contributed by atoms with E-state index >= 15 is 0 Å². The zero-order valence-electron chi connectivity index (χ0n) is 15.5. The maximum atomic E-state index is 12.8. The molecule has 0 spiro atoms. The fraction of sp³-hybridized carbons (Fsp3) is 0.211. The number of sulfonamides is 1. The Morgan fingerprint density at radius 1 is 1.07 bits per heavy atom. The first-order valence-electron chi connectivity index (χ1n) is 8.99. The van der Waals surface area contributed by atoms with Gasteiger partial charge >= 0.3 is 0 Å². The largest absolute Gasteiger partial charge is 0.450 e. The van der Waals surface area contributed by atoms with Gasteiger partial charge in [0.05, 0.1) is 14.3 Å². The molecular formula is C19H16BrN3O6S. The Balaban J connectivity index is 1.46. The van der Waals surface area contributed by atoms with Crippen LogP contribution >= 0.6 is 15.9 Å². The molecule has 1 aliphatic heterocycles. The summed E-state index contributed by atoms with van der Waals surface area (Å²) in [5.41, 5.74) is 0.405. The number of para-hydroxylation sites is 1. The van der Waals surface area contributed by atoms with Gasteiger partial charge in [0.1, 0.15) is 5.58 Å². The third kappa shape index (κ3) is 3.71. The summed E-state index contributed by atoms with van der Waals surface area (Å²) in [4.78, 5) is 24.5. The van der Waals surface area contributed by atoms with Gasteiger partial charge in [-0.2, -0.15) is 4.31 Å². The van der Waals surface area contributed by atoms with E-state index in [2.05, 4.69) is 15.9 Å². The minimum absolute atomic E-state index is 0.0185. The van der Waals surface area contributed by atoms with Crippen molar-refractivity contribution in [1.82, 2.24) is 9.21 Å². The Morgan fingerprint density at radius 3 is 2.33 bits per heavy atom. The molecule has 1 fully saturated rings. The lowest BCUT2D eigenvalue weighted by Crippen LogP contribution is -2.50. The van der Waals surface area contributed by atoms with Crippen LogP contribution in [0.3, 0.4) is 0 Å². The second kappa shape index (κ2) is 7.82. The summed E-state index contributed by atoms with van der Waals surface area (Å²) in [6.07, 6.45) is 0. The molecule has 0 radical (unpaired) electrons. The van der Waals surface area contributed by atoms with Crippen LogP contribution in [0.5, 0.6) is 0 Å². The number of fused-ring (bicyclic) bond motifs is 1. The average Bonchev–Trinajstić information content (AvgIpc) is 3.19. The number of carbonyl (C=O) groups is 1. The predicted octanol–water partition coefficient (Wildman–Crippen LogP) is 3.25. The van der Waals surface area contributed by atoms with Gasteiger partial charge in [-0.05, 0) is 40.2 Å². The van der Waals surface area contributed by atoms with Crippen LogP contribution in [-0.4, -0.2) is 54.6 Å². The number of hydrogen-bond donors (Lipinski definition) is 0. The highest BCUT2D eigenvalue weighted by Crippen LogP contribution is 2.28. The van der Waals surface area contributed by atoms with Crippen LogP contribution in [0.15, 0.2) is 62.3 Å². The quantitative estimate of drug-likeness (QED) is 0.407. The Hall–Kier alpha value is -2.76. The molecule has 9 nitrogen and oxygen atoms in total. The van der Waals surface area contributed by atoms with Crippen molar-refractivity contribution < 1.29 is 22.6 Å². The molecule has 0 saturated carbocycles. The van der Waals surface area contributed by atoms with Gasteiger partial charge in [-0.15, -0.1) is 0 Å². The van der Waals surface area contributed by atoms with Crippen LogP contribution < -0.4 is 0 Å². The van der Waals surface area contributed by atoms with Crippen LogP contribution in [0.4, 0.5) is 5.69 Å². The summed E-state index contributed by atoms with van der Waals surface area (Å²) < 4.78 is 33.3. The van der Waals surface area contributed by atoms with E-state index in [1.165, 1.54) is 16.4 Å². The minimum atomic E-state index is -3.80. The van der Waals surface area contributed by atoms with Gasteiger partial charge in [-0.3, -0.25) is 14.9 Å². The summed E-state index contributed by atoms with van der Waals surface area (Å²) in [5, 5.41) is 11.6. The van der Waals surface area contributed by atoms with Crippen LogP contribution in [-0.2, 0) is 10.0 Å². The number of nitrogens with zero attached hydrogens (tertiary/aromatic N) is 3. The van der Waals surface area contributed by atoms with E-state index < -0.39 is 14.9 Å². The number of rotatable bonds is 4. The van der Waals surface area contributed by atoms with Gasteiger partial charge in [0.2, 0.25) is 10.0 Å². The lowest BCUT2D eigenvalue weighted by Gasteiger charge is -2.33. The third-order valence-electron chi connectivity index (χ3n) is 4.92. The van der Waals surface area contributed by atoms with Crippen molar-refractivity contribution >= 4 is 48.5 Å². The lowest BCUT2D eigenvalue weighted by atomic mass is 10.2. The molecule has 1 saturated heterocycles. The van der Waals surface area contributed by atoms with Crippen LogP contribution in [0.2, 0.25) is 0 Å². The molecule has 3 aromatic rings. The zero-order chi connectivity index (χ0) is 21.5. The summed E-state index contributed by atoms with van der Waals surface area (Å²) in [6, 6.07) is 11.9. The van der Waals surface area contributed by atoms with E-state index in [0.29, 0.717) is 5.58 Å². The van der Waals surface area contributed by atoms with Crippen molar-refractivity contribution in [3.8, 4) is 0 Å². The Kier molecular flexibility index (Phi) is 5.35. The van der Waals surface area contributed by atoms with Crippen molar-refractivity contribution in [3.63, 3.8) is 0 Å². The second-order valence-electron chi connectivity index (χ2n) is 6.72. The number of non-ortho nitro benzene ring substituents is 1. The predicted molar refractivity (Wildman–Crippen MR) is 112 cm³/mol. The van der Waals surface area contributed by atoms with E-state index in [4.69, 9.17) is 4.42 Å². The Labute approximate surface area is 180 Å². The Morgan fingerprint density at radius 2 is 1.73 bits per heavy atom. The first-order valence-corrected chi connectivity index (χ1v) is 11.2. The average molecular weight is 494 g/mol. The molecule has 0 atom stereocenters. The first kappa shape index (κ1) is 20.5. The Bertz CT molecular complexity index is 1230. The molecule has 2 heterocycles. The number of nitro benzene ring substituents is 1. The molecule has 0 N–H and O–H groups in total. The smallest absolute Gasteiger partial charge is 0.289 e. The molecule has 156 valence electrons. The van der Waals surface area contributed by atoms with Gasteiger partial charge in [0.25, 0.3) is 11.6 Å². The van der Waals surface area contributed by atoms with Gasteiger partial charge in [0, 0.05) is 43.7 Å². The normalized spacial score (nSPS) is 15.4. The topological polar surface area (TPSA) is 114 Å². The van der Waals surface area contributed by atoms with Gasteiger partial charge in [-0.25, -0.2) is 8.42 Å². The van der Waals surface area contributed by atoms with E-state index in [1.807, 2.05) is 18.2 Å². The molecule has 11 heteroatoms. The summed E-state index contributed by atoms with van der Waals surface area (Å²) in [7, 11) is -3.80. The number of furan rings is 1. The summed E-state index contributed by atoms with van der Waals surface area (Å²) in [6.45, 7) is 0.663. The second-order valence-corrected chi connectivity index (χ2v) is 9.51. The number of carbonyl (C=O) groups excluding carboxylic acids is 1. The third-order valence-corrected chi connectivity index (χ3v) is 7.46. The highest BCUT2D eigenvalue weighted by molar-refractivity contribution is 9.10. The number of amides is 1. The monoisotopic (exact) mass is 493 g/mol. The van der Waals surface area contributed by atoms with Crippen molar-refractivity contribution in [2.75, 3.05) is 26.2 Å². The standard InChI is InChI=1S/C19H16BrN3O6S/c20-16-3-1-2-13-12-17(29-18(13)16)19(24)21-8-10-22(11-9-21)30(27,28)15-6-4-14(5-7-15)23(25)26/h1-7,12H,8-11H2. The van der Waals surface area contributed by atoms with Crippen LogP contribution in [0, 0.1) is 10.1 Å². The van der Waals surface area contributed by atoms with Gasteiger partial charge in [-0.1, -0.05) is 12.1 Å². The number of nitro groups is 1. The number of halogens is 1. The number of benzene rings is 2. The molecule has 1 aliphatic rings. The SMILES string of the molecule is O=C(c1cc2cccc(Br)c2o1)N1CCN(S(=O)(=O)c2ccc([N+](=O)[O-])cc2)CC1. The molecule has 1 amide bonds. The molecule has 2 aromatic carbocycles. The minimum Gasteiger partial charge on any atom is -0.450 e. The van der Waals surface area contributed by atoms with Gasteiger partial charge in [0.15, 0.2) is 5.76 Å². The van der Waals surface area contributed by atoms with Crippen molar-refractivity contribution in [1.29, 1.82) is 0 Å².